The second kappa shape index (κ2) is 9.95. The molecule has 1 fully saturated rings. The van der Waals surface area contributed by atoms with E-state index in [1.807, 2.05) is 24.4 Å². The standard InChI is InChI=1S/C22H24FN5O2S/c1-29-22-21(12-17(14-26-22)28-6-8-30-9-7-28)31-27-16-4-5-25-20(11-16)18-3-2-15(13-24)10-19(18)23/h2-5,10-12,14H,6-9,13,24H2,1H3,(H,25,27). The summed E-state index contributed by atoms with van der Waals surface area (Å²) in [5.41, 5.74) is 9.11. The molecule has 1 aromatic carbocycles. The van der Waals surface area contributed by atoms with Crippen molar-refractivity contribution in [3.63, 3.8) is 0 Å². The molecule has 2 aromatic heterocycles. The highest BCUT2D eigenvalue weighted by atomic mass is 32.2. The number of morpholine rings is 1. The first-order valence-electron chi connectivity index (χ1n) is 9.92. The number of methoxy groups -OCH3 is 1. The van der Waals surface area contributed by atoms with Gasteiger partial charge in [0.15, 0.2) is 0 Å². The van der Waals surface area contributed by atoms with Crippen LogP contribution in [0, 0.1) is 5.82 Å². The van der Waals surface area contributed by atoms with E-state index in [9.17, 15) is 4.39 Å². The fourth-order valence-corrected chi connectivity index (χ4v) is 4.05. The third-order valence-electron chi connectivity index (χ3n) is 4.96. The Labute approximate surface area is 184 Å². The van der Waals surface area contributed by atoms with Crippen LogP contribution in [0.2, 0.25) is 0 Å². The van der Waals surface area contributed by atoms with E-state index in [0.717, 1.165) is 34.9 Å². The SMILES string of the molecule is COc1ncc(N2CCOCC2)cc1SNc1ccnc(-c2ccc(CN)cc2F)c1. The number of nitrogens with zero attached hydrogens (tertiary/aromatic N) is 3. The molecule has 9 heteroatoms. The van der Waals surface area contributed by atoms with Gasteiger partial charge in [-0.05, 0) is 47.8 Å². The molecule has 0 spiro atoms. The molecule has 0 atom stereocenters. The second-order valence-corrected chi connectivity index (χ2v) is 7.80. The predicted octanol–water partition coefficient (Wildman–Crippen LogP) is 3.71. The zero-order valence-corrected chi connectivity index (χ0v) is 18.0. The molecule has 0 bridgehead atoms. The number of hydrogen-bond donors (Lipinski definition) is 2. The lowest BCUT2D eigenvalue weighted by atomic mass is 10.1. The molecular formula is C22H24FN5O2S. The van der Waals surface area contributed by atoms with Crippen LogP contribution in [-0.4, -0.2) is 43.4 Å². The third kappa shape index (κ3) is 5.07. The van der Waals surface area contributed by atoms with Crippen molar-refractivity contribution >= 4 is 23.3 Å². The number of pyridine rings is 2. The Balaban J connectivity index is 1.52. The number of nitrogens with two attached hydrogens (primary N) is 1. The zero-order chi connectivity index (χ0) is 21.6. The molecule has 0 unspecified atom stereocenters. The Morgan fingerprint density at radius 2 is 2.03 bits per heavy atom. The zero-order valence-electron chi connectivity index (χ0n) is 17.2. The van der Waals surface area contributed by atoms with Gasteiger partial charge < -0.3 is 24.8 Å². The van der Waals surface area contributed by atoms with Gasteiger partial charge in [0.1, 0.15) is 5.82 Å². The van der Waals surface area contributed by atoms with Crippen molar-refractivity contribution in [1.29, 1.82) is 0 Å². The van der Waals surface area contributed by atoms with Crippen LogP contribution >= 0.6 is 11.9 Å². The average Bonchev–Trinajstić information content (AvgIpc) is 2.83. The number of anilines is 2. The molecule has 31 heavy (non-hydrogen) atoms. The maximum atomic E-state index is 14.5. The molecule has 1 aliphatic heterocycles. The van der Waals surface area contributed by atoms with Gasteiger partial charge in [0.25, 0.3) is 0 Å². The molecule has 3 aromatic rings. The number of hydrogen-bond acceptors (Lipinski definition) is 8. The van der Waals surface area contributed by atoms with Crippen LogP contribution in [0.4, 0.5) is 15.8 Å². The van der Waals surface area contributed by atoms with Crippen molar-refractivity contribution in [3.8, 4) is 17.1 Å². The molecule has 3 N–H and O–H groups in total. The van der Waals surface area contributed by atoms with E-state index in [1.165, 1.54) is 18.0 Å². The van der Waals surface area contributed by atoms with Crippen molar-refractivity contribution in [1.82, 2.24) is 9.97 Å². The Morgan fingerprint density at radius 3 is 2.77 bits per heavy atom. The predicted molar refractivity (Wildman–Crippen MR) is 121 cm³/mol. The summed E-state index contributed by atoms with van der Waals surface area (Å²) < 4.78 is 28.6. The first-order valence-corrected chi connectivity index (χ1v) is 10.7. The average molecular weight is 442 g/mol. The summed E-state index contributed by atoms with van der Waals surface area (Å²) in [6.45, 7) is 3.36. The van der Waals surface area contributed by atoms with Crippen molar-refractivity contribution in [2.75, 3.05) is 43.0 Å². The lowest BCUT2D eigenvalue weighted by Gasteiger charge is -2.29. The largest absolute Gasteiger partial charge is 0.480 e. The Morgan fingerprint density at radius 1 is 1.19 bits per heavy atom. The van der Waals surface area contributed by atoms with Crippen LogP contribution in [0.3, 0.4) is 0 Å². The normalized spacial score (nSPS) is 13.8. The number of aromatic nitrogens is 2. The van der Waals surface area contributed by atoms with E-state index in [4.69, 9.17) is 15.2 Å². The van der Waals surface area contributed by atoms with Crippen LogP contribution in [0.5, 0.6) is 5.88 Å². The van der Waals surface area contributed by atoms with E-state index in [2.05, 4.69) is 19.6 Å². The minimum Gasteiger partial charge on any atom is -0.480 e. The van der Waals surface area contributed by atoms with Crippen LogP contribution in [0.25, 0.3) is 11.3 Å². The summed E-state index contributed by atoms with van der Waals surface area (Å²) in [7, 11) is 1.60. The van der Waals surface area contributed by atoms with Crippen LogP contribution < -0.4 is 20.1 Å². The molecule has 7 nitrogen and oxygen atoms in total. The summed E-state index contributed by atoms with van der Waals surface area (Å²) in [5, 5.41) is 0. The van der Waals surface area contributed by atoms with Gasteiger partial charge in [0.05, 0.1) is 42.8 Å². The fraction of sp³-hybridized carbons (Fsp3) is 0.273. The first-order chi connectivity index (χ1) is 15.2. The van der Waals surface area contributed by atoms with Crippen molar-refractivity contribution in [2.45, 2.75) is 11.4 Å². The van der Waals surface area contributed by atoms with Crippen LogP contribution in [0.15, 0.2) is 53.7 Å². The Bertz CT molecular complexity index is 1050. The molecule has 4 rings (SSSR count). The van der Waals surface area contributed by atoms with Gasteiger partial charge in [-0.1, -0.05) is 6.07 Å². The number of nitrogens with one attached hydrogen (secondary N) is 1. The van der Waals surface area contributed by atoms with E-state index in [1.54, 1.807) is 25.4 Å². The van der Waals surface area contributed by atoms with Crippen LogP contribution in [-0.2, 0) is 11.3 Å². The molecule has 0 radical (unpaired) electrons. The maximum Gasteiger partial charge on any atom is 0.229 e. The van der Waals surface area contributed by atoms with Gasteiger partial charge in [0.2, 0.25) is 5.88 Å². The van der Waals surface area contributed by atoms with Gasteiger partial charge in [0, 0.05) is 37.1 Å². The van der Waals surface area contributed by atoms with Crippen molar-refractivity contribution in [3.05, 3.63) is 60.2 Å². The lowest BCUT2D eigenvalue weighted by Crippen LogP contribution is -2.36. The molecule has 1 saturated heterocycles. The molecule has 162 valence electrons. The molecule has 0 amide bonds. The van der Waals surface area contributed by atoms with E-state index in [0.29, 0.717) is 36.9 Å². The summed E-state index contributed by atoms with van der Waals surface area (Å²) >= 11 is 1.38. The smallest absolute Gasteiger partial charge is 0.229 e. The molecular weight excluding hydrogens is 417 g/mol. The van der Waals surface area contributed by atoms with E-state index in [-0.39, 0.29) is 5.82 Å². The summed E-state index contributed by atoms with van der Waals surface area (Å²) in [5.74, 6) is 0.191. The van der Waals surface area contributed by atoms with Gasteiger partial charge >= 0.3 is 0 Å². The quantitative estimate of drug-likeness (QED) is 0.537. The van der Waals surface area contributed by atoms with Gasteiger partial charge in [-0.15, -0.1) is 0 Å². The van der Waals surface area contributed by atoms with Gasteiger partial charge in [-0.3, -0.25) is 4.98 Å². The van der Waals surface area contributed by atoms with E-state index < -0.39 is 0 Å². The lowest BCUT2D eigenvalue weighted by molar-refractivity contribution is 0.122. The fourth-order valence-electron chi connectivity index (χ4n) is 3.29. The highest BCUT2D eigenvalue weighted by Gasteiger charge is 2.15. The van der Waals surface area contributed by atoms with Crippen molar-refractivity contribution in [2.24, 2.45) is 5.73 Å². The first kappa shape index (κ1) is 21.4. The summed E-state index contributed by atoms with van der Waals surface area (Å²) in [6.07, 6.45) is 3.46. The minimum atomic E-state index is -0.343. The highest BCUT2D eigenvalue weighted by molar-refractivity contribution is 8.00. The third-order valence-corrected chi connectivity index (χ3v) is 5.81. The van der Waals surface area contributed by atoms with Gasteiger partial charge in [-0.25, -0.2) is 9.37 Å². The monoisotopic (exact) mass is 441 g/mol. The number of rotatable bonds is 7. The number of halogens is 1. The molecule has 3 heterocycles. The number of benzene rings is 1. The molecule has 1 aliphatic rings. The Hall–Kier alpha value is -2.88. The topological polar surface area (TPSA) is 85.5 Å². The second-order valence-electron chi connectivity index (χ2n) is 6.95. The maximum absolute atomic E-state index is 14.5. The minimum absolute atomic E-state index is 0.294. The summed E-state index contributed by atoms with van der Waals surface area (Å²) in [4.78, 5) is 11.8. The Kier molecular flexibility index (Phi) is 6.86. The summed E-state index contributed by atoms with van der Waals surface area (Å²) in [6, 6.07) is 10.6. The van der Waals surface area contributed by atoms with Crippen LogP contribution in [0.1, 0.15) is 5.56 Å². The highest BCUT2D eigenvalue weighted by Crippen LogP contribution is 2.33. The van der Waals surface area contributed by atoms with Gasteiger partial charge in [-0.2, -0.15) is 0 Å². The molecule has 0 saturated carbocycles. The number of ether oxygens (including phenoxy) is 2. The van der Waals surface area contributed by atoms with E-state index >= 15 is 0 Å². The molecule has 0 aliphatic carbocycles. The van der Waals surface area contributed by atoms with Crippen molar-refractivity contribution < 1.29 is 13.9 Å².